The zero-order valence-electron chi connectivity index (χ0n) is 17.6. The number of anilines is 2. The Balaban J connectivity index is 1.56. The summed E-state index contributed by atoms with van der Waals surface area (Å²) in [6.45, 7) is 2.19. The van der Waals surface area contributed by atoms with Crippen molar-refractivity contribution in [1.82, 2.24) is 15.0 Å². The first-order valence-electron chi connectivity index (χ1n) is 11.0. The Labute approximate surface area is 187 Å². The van der Waals surface area contributed by atoms with E-state index in [1.807, 2.05) is 6.07 Å². The summed E-state index contributed by atoms with van der Waals surface area (Å²) >= 11 is 6.44. The van der Waals surface area contributed by atoms with Crippen molar-refractivity contribution in [3.05, 3.63) is 29.2 Å². The molecule has 31 heavy (non-hydrogen) atoms. The van der Waals surface area contributed by atoms with Gasteiger partial charge in [-0.25, -0.2) is 15.0 Å². The highest BCUT2D eigenvalue weighted by Crippen LogP contribution is 2.30. The molecule has 2 aromatic rings. The van der Waals surface area contributed by atoms with Crippen molar-refractivity contribution in [2.24, 2.45) is 11.7 Å². The molecule has 0 aromatic carbocycles. The van der Waals surface area contributed by atoms with Crippen molar-refractivity contribution < 1.29 is 9.53 Å². The number of pyridine rings is 1. The van der Waals surface area contributed by atoms with Gasteiger partial charge in [0.1, 0.15) is 5.82 Å². The summed E-state index contributed by atoms with van der Waals surface area (Å²) in [6.07, 6.45) is 11.2. The molecule has 2 aliphatic rings. The molecule has 0 bridgehead atoms. The lowest BCUT2D eigenvalue weighted by atomic mass is 9.95. The topological polar surface area (TPSA) is 115 Å². The molecule has 9 heteroatoms. The standard InChI is InChI=1S/C22H29ClN6O2/c23-17-12-25-19(28-15-4-2-1-3-5-15)10-16(17)18-13-26-20(21(24)30)22(29-18)27-11-14-6-8-31-9-7-14/h10,12-15H,1-9,11H2,(H2,24,30)(H,25,28)(H,27,29). The van der Waals surface area contributed by atoms with E-state index in [1.165, 1.54) is 25.5 Å². The number of nitrogens with zero attached hydrogens (tertiary/aromatic N) is 3. The summed E-state index contributed by atoms with van der Waals surface area (Å²) in [7, 11) is 0. The number of hydrogen-bond donors (Lipinski definition) is 3. The number of amides is 1. The molecule has 0 spiro atoms. The van der Waals surface area contributed by atoms with Gasteiger partial charge in [0.15, 0.2) is 11.5 Å². The van der Waals surface area contributed by atoms with Gasteiger partial charge in [0.2, 0.25) is 0 Å². The third kappa shape index (κ3) is 5.62. The molecule has 2 aromatic heterocycles. The fraction of sp³-hybridized carbons (Fsp3) is 0.545. The fourth-order valence-electron chi connectivity index (χ4n) is 4.18. The van der Waals surface area contributed by atoms with Gasteiger partial charge >= 0.3 is 0 Å². The Morgan fingerprint density at radius 2 is 1.90 bits per heavy atom. The van der Waals surface area contributed by atoms with E-state index in [9.17, 15) is 4.79 Å². The minimum Gasteiger partial charge on any atom is -0.381 e. The summed E-state index contributed by atoms with van der Waals surface area (Å²) in [5.41, 5.74) is 6.93. The number of halogens is 1. The Kier molecular flexibility index (Phi) is 7.19. The molecule has 0 unspecified atom stereocenters. The van der Waals surface area contributed by atoms with E-state index in [0.717, 1.165) is 44.7 Å². The molecule has 1 aliphatic carbocycles. The van der Waals surface area contributed by atoms with Crippen molar-refractivity contribution in [3.63, 3.8) is 0 Å². The van der Waals surface area contributed by atoms with Crippen molar-refractivity contribution in [1.29, 1.82) is 0 Å². The maximum atomic E-state index is 11.9. The number of ether oxygens (including phenoxy) is 1. The van der Waals surface area contributed by atoms with Crippen LogP contribution in [0.1, 0.15) is 55.4 Å². The predicted molar refractivity (Wildman–Crippen MR) is 121 cm³/mol. The van der Waals surface area contributed by atoms with Crippen molar-refractivity contribution >= 4 is 29.1 Å². The highest BCUT2D eigenvalue weighted by Gasteiger charge is 2.19. The van der Waals surface area contributed by atoms with Crippen LogP contribution in [-0.4, -0.2) is 46.7 Å². The van der Waals surface area contributed by atoms with Crippen LogP contribution in [0.15, 0.2) is 18.5 Å². The number of carbonyl (C=O) groups excluding carboxylic acids is 1. The third-order valence-corrected chi connectivity index (χ3v) is 6.29. The minimum absolute atomic E-state index is 0.126. The highest BCUT2D eigenvalue weighted by molar-refractivity contribution is 6.33. The number of primary amides is 1. The van der Waals surface area contributed by atoms with Gasteiger partial charge in [-0.3, -0.25) is 4.79 Å². The molecule has 166 valence electrons. The van der Waals surface area contributed by atoms with E-state index in [-0.39, 0.29) is 5.69 Å². The average Bonchev–Trinajstić information content (AvgIpc) is 2.80. The van der Waals surface area contributed by atoms with Crippen molar-refractivity contribution in [2.75, 3.05) is 30.4 Å². The minimum atomic E-state index is -0.617. The monoisotopic (exact) mass is 444 g/mol. The van der Waals surface area contributed by atoms with Crippen LogP contribution in [0.25, 0.3) is 11.3 Å². The molecule has 1 saturated heterocycles. The van der Waals surface area contributed by atoms with Gasteiger partial charge in [-0.15, -0.1) is 0 Å². The Morgan fingerprint density at radius 1 is 1.13 bits per heavy atom. The molecule has 4 rings (SSSR count). The molecule has 0 radical (unpaired) electrons. The first-order chi connectivity index (χ1) is 15.1. The maximum absolute atomic E-state index is 11.9. The van der Waals surface area contributed by atoms with Gasteiger partial charge in [0.05, 0.1) is 16.9 Å². The van der Waals surface area contributed by atoms with Crippen LogP contribution >= 0.6 is 11.6 Å². The second kappa shape index (κ2) is 10.2. The van der Waals surface area contributed by atoms with E-state index >= 15 is 0 Å². The number of rotatable bonds is 7. The van der Waals surface area contributed by atoms with Crippen LogP contribution in [0.3, 0.4) is 0 Å². The van der Waals surface area contributed by atoms with Gasteiger partial charge in [0, 0.05) is 37.6 Å². The van der Waals surface area contributed by atoms with Crippen LogP contribution in [0, 0.1) is 5.92 Å². The van der Waals surface area contributed by atoms with E-state index in [0.29, 0.717) is 40.6 Å². The molecule has 8 nitrogen and oxygen atoms in total. The van der Waals surface area contributed by atoms with E-state index < -0.39 is 5.91 Å². The average molecular weight is 445 g/mol. The molecular weight excluding hydrogens is 416 g/mol. The molecule has 0 atom stereocenters. The van der Waals surface area contributed by atoms with Crippen LogP contribution < -0.4 is 16.4 Å². The smallest absolute Gasteiger partial charge is 0.271 e. The summed E-state index contributed by atoms with van der Waals surface area (Å²) in [4.78, 5) is 25.2. The van der Waals surface area contributed by atoms with Crippen molar-refractivity contribution in [3.8, 4) is 11.3 Å². The van der Waals surface area contributed by atoms with Crippen LogP contribution in [0.5, 0.6) is 0 Å². The quantitative estimate of drug-likeness (QED) is 0.593. The fourth-order valence-corrected chi connectivity index (χ4v) is 4.38. The number of aromatic nitrogens is 3. The Hall–Kier alpha value is -2.45. The van der Waals surface area contributed by atoms with Gasteiger partial charge in [0.25, 0.3) is 5.91 Å². The number of hydrogen-bond acceptors (Lipinski definition) is 7. The Morgan fingerprint density at radius 3 is 2.65 bits per heavy atom. The van der Waals surface area contributed by atoms with Crippen molar-refractivity contribution in [2.45, 2.75) is 51.0 Å². The zero-order chi connectivity index (χ0) is 21.6. The number of nitrogens with two attached hydrogens (primary N) is 1. The van der Waals surface area contributed by atoms with E-state index in [2.05, 4.69) is 25.6 Å². The van der Waals surface area contributed by atoms with E-state index in [4.69, 9.17) is 22.1 Å². The summed E-state index contributed by atoms with van der Waals surface area (Å²) in [5.74, 6) is 0.986. The van der Waals surface area contributed by atoms with Gasteiger partial charge in [-0.05, 0) is 37.7 Å². The van der Waals surface area contributed by atoms with Gasteiger partial charge < -0.3 is 21.1 Å². The second-order valence-electron chi connectivity index (χ2n) is 8.28. The first-order valence-corrected chi connectivity index (χ1v) is 11.4. The third-order valence-electron chi connectivity index (χ3n) is 5.99. The van der Waals surface area contributed by atoms with Crippen LogP contribution in [0.2, 0.25) is 5.02 Å². The van der Waals surface area contributed by atoms with E-state index in [1.54, 1.807) is 6.20 Å². The molecule has 1 saturated carbocycles. The SMILES string of the molecule is NC(=O)c1ncc(-c2cc(NC3CCCCC3)ncc2Cl)nc1NCC1CCOCC1. The molecule has 4 N–H and O–H groups in total. The van der Waals surface area contributed by atoms with Crippen LogP contribution in [0.4, 0.5) is 11.6 Å². The summed E-state index contributed by atoms with van der Waals surface area (Å²) < 4.78 is 5.41. The second-order valence-corrected chi connectivity index (χ2v) is 8.69. The van der Waals surface area contributed by atoms with Gasteiger partial charge in [-0.2, -0.15) is 0 Å². The highest BCUT2D eigenvalue weighted by atomic mass is 35.5. The molecule has 1 amide bonds. The molecule has 1 aliphatic heterocycles. The number of nitrogens with one attached hydrogen (secondary N) is 2. The first kappa shape index (κ1) is 21.8. The van der Waals surface area contributed by atoms with Crippen LogP contribution in [-0.2, 0) is 4.74 Å². The summed E-state index contributed by atoms with van der Waals surface area (Å²) in [5, 5.41) is 7.26. The Bertz CT molecular complexity index is 913. The normalized spacial score (nSPS) is 18.0. The molecule has 3 heterocycles. The maximum Gasteiger partial charge on any atom is 0.271 e. The number of carbonyl (C=O) groups is 1. The molecular formula is C22H29ClN6O2. The largest absolute Gasteiger partial charge is 0.381 e. The summed E-state index contributed by atoms with van der Waals surface area (Å²) in [6, 6.07) is 2.32. The lowest BCUT2D eigenvalue weighted by Gasteiger charge is -2.23. The zero-order valence-corrected chi connectivity index (χ0v) is 18.3. The molecule has 2 fully saturated rings. The predicted octanol–water partition coefficient (Wildman–Crippen LogP) is 3.87. The lowest BCUT2D eigenvalue weighted by Crippen LogP contribution is -2.25. The lowest BCUT2D eigenvalue weighted by molar-refractivity contribution is 0.0699. The van der Waals surface area contributed by atoms with Gasteiger partial charge in [-0.1, -0.05) is 30.9 Å².